The number of nitrogens with zero attached hydrogens (tertiary/aromatic N) is 1. The normalized spacial score (nSPS) is 19.2. The van der Waals surface area contributed by atoms with E-state index in [0.29, 0.717) is 13.0 Å². The third-order valence-corrected chi connectivity index (χ3v) is 1.27. The Hall–Kier alpha value is -0.570. The molecule has 0 bridgehead atoms. The van der Waals surface area contributed by atoms with E-state index in [1.807, 2.05) is 6.92 Å². The Morgan fingerprint density at radius 2 is 2.56 bits per heavy atom. The molecule has 0 aromatic rings. The van der Waals surface area contributed by atoms with E-state index in [1.165, 1.54) is 5.06 Å². The van der Waals surface area contributed by atoms with Gasteiger partial charge >= 0.3 is 0 Å². The fourth-order valence-electron chi connectivity index (χ4n) is 0.832. The molecule has 1 rings (SSSR count). The van der Waals surface area contributed by atoms with Gasteiger partial charge in [-0.2, -0.15) is 0 Å². The van der Waals surface area contributed by atoms with Crippen LogP contribution in [0, 0.1) is 0 Å². The zero-order valence-electron chi connectivity index (χ0n) is 5.59. The molecule has 3 heteroatoms. The summed E-state index contributed by atoms with van der Waals surface area (Å²) in [6.45, 7) is 3.33. The second kappa shape index (κ2) is 2.82. The second-order valence-electron chi connectivity index (χ2n) is 2.08. The van der Waals surface area contributed by atoms with Crippen LogP contribution < -0.4 is 0 Å². The molecule has 1 aliphatic heterocycles. The number of hydrogen-bond acceptors (Lipinski definition) is 2. The number of amides is 1. The van der Waals surface area contributed by atoms with E-state index in [1.54, 1.807) is 0 Å². The SMILES string of the molecule is CCCN1OCCC1=O. The Morgan fingerprint density at radius 1 is 1.78 bits per heavy atom. The maximum atomic E-state index is 10.8. The topological polar surface area (TPSA) is 29.5 Å². The molecule has 1 heterocycles. The Balaban J connectivity index is 2.31. The van der Waals surface area contributed by atoms with Crippen LogP contribution in [0.25, 0.3) is 0 Å². The van der Waals surface area contributed by atoms with Crippen LogP contribution >= 0.6 is 0 Å². The lowest BCUT2D eigenvalue weighted by atomic mass is 10.4. The van der Waals surface area contributed by atoms with Crippen molar-refractivity contribution in [1.29, 1.82) is 0 Å². The first-order valence-electron chi connectivity index (χ1n) is 3.28. The molecular weight excluding hydrogens is 118 g/mol. The molecule has 9 heavy (non-hydrogen) atoms. The second-order valence-corrected chi connectivity index (χ2v) is 2.08. The van der Waals surface area contributed by atoms with Crippen molar-refractivity contribution in [1.82, 2.24) is 5.06 Å². The quantitative estimate of drug-likeness (QED) is 0.545. The first-order valence-corrected chi connectivity index (χ1v) is 3.28. The molecule has 3 nitrogen and oxygen atoms in total. The first-order chi connectivity index (χ1) is 4.34. The molecular formula is C6H11NO2. The van der Waals surface area contributed by atoms with Crippen LogP contribution in [0.5, 0.6) is 0 Å². The van der Waals surface area contributed by atoms with Crippen LogP contribution in [0.15, 0.2) is 0 Å². The fourth-order valence-corrected chi connectivity index (χ4v) is 0.832. The van der Waals surface area contributed by atoms with Gasteiger partial charge in [0.05, 0.1) is 13.0 Å². The van der Waals surface area contributed by atoms with Gasteiger partial charge in [-0.05, 0) is 6.42 Å². The Labute approximate surface area is 54.5 Å². The molecule has 0 N–H and O–H groups in total. The Kier molecular flexibility index (Phi) is 2.05. The van der Waals surface area contributed by atoms with E-state index in [2.05, 4.69) is 0 Å². The van der Waals surface area contributed by atoms with Crippen molar-refractivity contribution in [2.75, 3.05) is 13.2 Å². The Bertz CT molecular complexity index is 114. The highest BCUT2D eigenvalue weighted by Crippen LogP contribution is 2.05. The summed E-state index contributed by atoms with van der Waals surface area (Å²) in [6, 6.07) is 0. The van der Waals surface area contributed by atoms with Gasteiger partial charge in [-0.1, -0.05) is 6.92 Å². The predicted octanol–water partition coefficient (Wildman–Crippen LogP) is 0.560. The minimum absolute atomic E-state index is 0.122. The van der Waals surface area contributed by atoms with Gasteiger partial charge in [-0.3, -0.25) is 9.63 Å². The lowest BCUT2D eigenvalue weighted by molar-refractivity contribution is -0.161. The molecule has 52 valence electrons. The molecule has 0 radical (unpaired) electrons. The fraction of sp³-hybridized carbons (Fsp3) is 0.833. The molecule has 1 amide bonds. The minimum Gasteiger partial charge on any atom is -0.272 e. The molecule has 0 saturated carbocycles. The van der Waals surface area contributed by atoms with Crippen molar-refractivity contribution >= 4 is 5.91 Å². The Morgan fingerprint density at radius 3 is 3.00 bits per heavy atom. The summed E-state index contributed by atoms with van der Waals surface area (Å²) < 4.78 is 0. The highest BCUT2D eigenvalue weighted by Gasteiger charge is 2.19. The van der Waals surface area contributed by atoms with Gasteiger partial charge in [-0.15, -0.1) is 0 Å². The lowest BCUT2D eigenvalue weighted by Gasteiger charge is -2.10. The maximum absolute atomic E-state index is 10.8. The first kappa shape index (κ1) is 6.55. The van der Waals surface area contributed by atoms with E-state index in [0.717, 1.165) is 13.0 Å². The van der Waals surface area contributed by atoms with Crippen LogP contribution in [0.2, 0.25) is 0 Å². The maximum Gasteiger partial charge on any atom is 0.248 e. The smallest absolute Gasteiger partial charge is 0.248 e. The van der Waals surface area contributed by atoms with Gasteiger partial charge in [0.1, 0.15) is 0 Å². The standard InChI is InChI=1S/C6H11NO2/c1-2-4-7-6(8)3-5-9-7/h2-5H2,1H3. The van der Waals surface area contributed by atoms with E-state index < -0.39 is 0 Å². The molecule has 0 aliphatic carbocycles. The van der Waals surface area contributed by atoms with Crippen molar-refractivity contribution in [2.45, 2.75) is 19.8 Å². The van der Waals surface area contributed by atoms with Gasteiger partial charge in [0, 0.05) is 6.54 Å². The molecule has 1 fully saturated rings. The van der Waals surface area contributed by atoms with Crippen LogP contribution in [0.4, 0.5) is 0 Å². The molecule has 0 atom stereocenters. The summed E-state index contributed by atoms with van der Waals surface area (Å²) in [5.41, 5.74) is 0. The average molecular weight is 129 g/mol. The highest BCUT2D eigenvalue weighted by atomic mass is 16.7. The van der Waals surface area contributed by atoms with E-state index in [4.69, 9.17) is 4.84 Å². The average Bonchev–Trinajstić information content (AvgIpc) is 2.18. The molecule has 0 aromatic heterocycles. The lowest BCUT2D eigenvalue weighted by Crippen LogP contribution is -2.23. The monoisotopic (exact) mass is 129 g/mol. The number of carbonyl (C=O) groups excluding carboxylic acids is 1. The van der Waals surface area contributed by atoms with Gasteiger partial charge in [0.25, 0.3) is 0 Å². The van der Waals surface area contributed by atoms with Crippen molar-refractivity contribution in [2.24, 2.45) is 0 Å². The van der Waals surface area contributed by atoms with E-state index in [-0.39, 0.29) is 5.91 Å². The van der Waals surface area contributed by atoms with Crippen molar-refractivity contribution in [3.8, 4) is 0 Å². The predicted molar refractivity (Wildman–Crippen MR) is 32.6 cm³/mol. The molecule has 0 spiro atoms. The largest absolute Gasteiger partial charge is 0.272 e. The van der Waals surface area contributed by atoms with Gasteiger partial charge in [0.2, 0.25) is 5.91 Å². The molecule has 1 aliphatic rings. The van der Waals surface area contributed by atoms with E-state index >= 15 is 0 Å². The number of hydrogen-bond donors (Lipinski definition) is 0. The third-order valence-electron chi connectivity index (χ3n) is 1.27. The third kappa shape index (κ3) is 1.42. The summed E-state index contributed by atoms with van der Waals surface area (Å²) in [4.78, 5) is 15.8. The van der Waals surface area contributed by atoms with Crippen LogP contribution in [-0.2, 0) is 9.63 Å². The van der Waals surface area contributed by atoms with Gasteiger partial charge in [-0.25, -0.2) is 5.06 Å². The number of carbonyl (C=O) groups is 1. The van der Waals surface area contributed by atoms with Gasteiger partial charge in [0.15, 0.2) is 0 Å². The molecule has 0 unspecified atom stereocenters. The number of hydroxylamine groups is 2. The van der Waals surface area contributed by atoms with Crippen LogP contribution in [0.3, 0.4) is 0 Å². The zero-order valence-corrected chi connectivity index (χ0v) is 5.59. The zero-order chi connectivity index (χ0) is 6.69. The van der Waals surface area contributed by atoms with Crippen molar-refractivity contribution in [3.05, 3.63) is 0 Å². The highest BCUT2D eigenvalue weighted by molar-refractivity contribution is 5.76. The minimum atomic E-state index is 0.122. The summed E-state index contributed by atoms with van der Waals surface area (Å²) in [6.07, 6.45) is 1.52. The summed E-state index contributed by atoms with van der Waals surface area (Å²) in [5.74, 6) is 0.122. The van der Waals surface area contributed by atoms with Crippen molar-refractivity contribution < 1.29 is 9.63 Å². The molecule has 0 aromatic carbocycles. The summed E-state index contributed by atoms with van der Waals surface area (Å²) >= 11 is 0. The number of rotatable bonds is 2. The summed E-state index contributed by atoms with van der Waals surface area (Å²) in [5, 5.41) is 1.44. The van der Waals surface area contributed by atoms with E-state index in [9.17, 15) is 4.79 Å². The summed E-state index contributed by atoms with van der Waals surface area (Å²) in [7, 11) is 0. The molecule has 1 saturated heterocycles. The van der Waals surface area contributed by atoms with Crippen LogP contribution in [-0.4, -0.2) is 24.1 Å². The van der Waals surface area contributed by atoms with Gasteiger partial charge < -0.3 is 0 Å². The van der Waals surface area contributed by atoms with Crippen LogP contribution in [0.1, 0.15) is 19.8 Å². The van der Waals surface area contributed by atoms with Crippen molar-refractivity contribution in [3.63, 3.8) is 0 Å².